The highest BCUT2D eigenvalue weighted by Gasteiger charge is 2.14. The lowest BCUT2D eigenvalue weighted by molar-refractivity contribution is 0.110. The summed E-state index contributed by atoms with van der Waals surface area (Å²) in [4.78, 5) is 0. The molecule has 3 nitrogen and oxygen atoms in total. The van der Waals surface area contributed by atoms with Crippen molar-refractivity contribution in [2.45, 2.75) is 32.4 Å². The predicted molar refractivity (Wildman–Crippen MR) is 68.4 cm³/mol. The van der Waals surface area contributed by atoms with Gasteiger partial charge in [0.15, 0.2) is 0 Å². The number of methoxy groups -OCH3 is 1. The van der Waals surface area contributed by atoms with E-state index in [-0.39, 0.29) is 0 Å². The topological polar surface area (TPSA) is 30.5 Å². The van der Waals surface area contributed by atoms with E-state index in [9.17, 15) is 0 Å². The fraction of sp³-hybridized carbons (Fsp3) is 0.571. The number of ether oxygens (including phenoxy) is 2. The SMILES string of the molecule is COc1ccc(C)cc1CNC[C@H]1CCCO1. The lowest BCUT2D eigenvalue weighted by Gasteiger charge is -2.13. The molecule has 3 heteroatoms. The van der Waals surface area contributed by atoms with Crippen LogP contribution in [0, 0.1) is 6.92 Å². The zero-order valence-electron chi connectivity index (χ0n) is 10.7. The molecule has 1 heterocycles. The smallest absolute Gasteiger partial charge is 0.123 e. The molecule has 0 aliphatic carbocycles. The van der Waals surface area contributed by atoms with Gasteiger partial charge in [0.1, 0.15) is 5.75 Å². The van der Waals surface area contributed by atoms with E-state index in [1.165, 1.54) is 24.0 Å². The largest absolute Gasteiger partial charge is 0.496 e. The fourth-order valence-corrected chi connectivity index (χ4v) is 2.22. The molecule has 0 spiro atoms. The molecule has 1 fully saturated rings. The zero-order valence-corrected chi connectivity index (χ0v) is 10.7. The number of hydrogen-bond acceptors (Lipinski definition) is 3. The highest BCUT2D eigenvalue weighted by atomic mass is 16.5. The Hall–Kier alpha value is -1.06. The molecule has 0 saturated carbocycles. The van der Waals surface area contributed by atoms with Gasteiger partial charge in [-0.05, 0) is 25.8 Å². The van der Waals surface area contributed by atoms with Gasteiger partial charge < -0.3 is 14.8 Å². The third-order valence-electron chi connectivity index (χ3n) is 3.15. The fourth-order valence-electron chi connectivity index (χ4n) is 2.22. The summed E-state index contributed by atoms with van der Waals surface area (Å²) >= 11 is 0. The highest BCUT2D eigenvalue weighted by Crippen LogP contribution is 2.19. The Morgan fingerprint density at radius 3 is 3.06 bits per heavy atom. The summed E-state index contributed by atoms with van der Waals surface area (Å²) in [5.41, 5.74) is 2.48. The minimum atomic E-state index is 0.394. The molecule has 1 saturated heterocycles. The van der Waals surface area contributed by atoms with Gasteiger partial charge in [-0.3, -0.25) is 0 Å². The van der Waals surface area contributed by atoms with Gasteiger partial charge in [-0.15, -0.1) is 0 Å². The maximum atomic E-state index is 5.58. The molecule has 0 bridgehead atoms. The van der Waals surface area contributed by atoms with Crippen LogP contribution in [0.2, 0.25) is 0 Å². The van der Waals surface area contributed by atoms with E-state index < -0.39 is 0 Å². The molecular weight excluding hydrogens is 214 g/mol. The van der Waals surface area contributed by atoms with Gasteiger partial charge in [0.25, 0.3) is 0 Å². The summed E-state index contributed by atoms with van der Waals surface area (Å²) in [6.07, 6.45) is 2.77. The lowest BCUT2D eigenvalue weighted by Crippen LogP contribution is -2.25. The van der Waals surface area contributed by atoms with Crippen LogP contribution in [-0.2, 0) is 11.3 Å². The van der Waals surface area contributed by atoms with Gasteiger partial charge in [0.2, 0.25) is 0 Å². The first-order chi connectivity index (χ1) is 8.29. The van der Waals surface area contributed by atoms with Crippen LogP contribution in [0.1, 0.15) is 24.0 Å². The molecule has 0 aromatic heterocycles. The van der Waals surface area contributed by atoms with Gasteiger partial charge in [-0.1, -0.05) is 17.7 Å². The first-order valence-electron chi connectivity index (χ1n) is 6.25. The number of hydrogen-bond donors (Lipinski definition) is 1. The predicted octanol–water partition coefficient (Wildman–Crippen LogP) is 2.27. The van der Waals surface area contributed by atoms with Crippen molar-refractivity contribution in [1.29, 1.82) is 0 Å². The van der Waals surface area contributed by atoms with Crippen LogP contribution in [-0.4, -0.2) is 26.4 Å². The molecule has 2 rings (SSSR count). The molecule has 1 aliphatic heterocycles. The summed E-state index contributed by atoms with van der Waals surface area (Å²) in [5.74, 6) is 0.954. The first kappa shape index (κ1) is 12.4. The average molecular weight is 235 g/mol. The van der Waals surface area contributed by atoms with Crippen LogP contribution in [0.5, 0.6) is 5.75 Å². The third kappa shape index (κ3) is 3.45. The molecule has 0 amide bonds. The van der Waals surface area contributed by atoms with Crippen LogP contribution in [0.4, 0.5) is 0 Å². The average Bonchev–Trinajstić information content (AvgIpc) is 2.82. The second-order valence-electron chi connectivity index (χ2n) is 4.58. The monoisotopic (exact) mass is 235 g/mol. The van der Waals surface area contributed by atoms with Gasteiger partial charge in [0.05, 0.1) is 13.2 Å². The zero-order chi connectivity index (χ0) is 12.1. The van der Waals surface area contributed by atoms with Crippen LogP contribution < -0.4 is 10.1 Å². The number of aryl methyl sites for hydroxylation is 1. The highest BCUT2D eigenvalue weighted by molar-refractivity contribution is 5.36. The van der Waals surface area contributed by atoms with Crippen LogP contribution in [0.15, 0.2) is 18.2 Å². The molecule has 1 aliphatic rings. The van der Waals surface area contributed by atoms with Crippen LogP contribution in [0.3, 0.4) is 0 Å². The van der Waals surface area contributed by atoms with Crippen molar-refractivity contribution < 1.29 is 9.47 Å². The molecule has 1 N–H and O–H groups in total. The second kappa shape index (κ2) is 6.03. The van der Waals surface area contributed by atoms with E-state index >= 15 is 0 Å². The molecule has 1 aromatic rings. The van der Waals surface area contributed by atoms with Crippen molar-refractivity contribution in [2.75, 3.05) is 20.3 Å². The maximum Gasteiger partial charge on any atom is 0.123 e. The van der Waals surface area contributed by atoms with E-state index in [0.29, 0.717) is 6.10 Å². The van der Waals surface area contributed by atoms with Gasteiger partial charge in [-0.2, -0.15) is 0 Å². The number of rotatable bonds is 5. The van der Waals surface area contributed by atoms with Crippen molar-refractivity contribution >= 4 is 0 Å². The molecule has 1 atom stereocenters. The Morgan fingerprint density at radius 2 is 2.35 bits per heavy atom. The normalized spacial score (nSPS) is 19.5. The lowest BCUT2D eigenvalue weighted by atomic mass is 10.1. The van der Waals surface area contributed by atoms with Gasteiger partial charge in [-0.25, -0.2) is 0 Å². The molecule has 17 heavy (non-hydrogen) atoms. The van der Waals surface area contributed by atoms with Crippen molar-refractivity contribution in [3.63, 3.8) is 0 Å². The van der Waals surface area contributed by atoms with Crippen molar-refractivity contribution in [1.82, 2.24) is 5.32 Å². The minimum Gasteiger partial charge on any atom is -0.496 e. The van der Waals surface area contributed by atoms with Crippen LogP contribution in [0.25, 0.3) is 0 Å². The maximum absolute atomic E-state index is 5.58. The Balaban J connectivity index is 1.86. The van der Waals surface area contributed by atoms with Crippen molar-refractivity contribution in [3.8, 4) is 5.75 Å². The van der Waals surface area contributed by atoms with E-state index in [1.54, 1.807) is 7.11 Å². The summed E-state index contributed by atoms with van der Waals surface area (Å²) < 4.78 is 10.9. The summed E-state index contributed by atoms with van der Waals surface area (Å²) in [6, 6.07) is 6.27. The second-order valence-corrected chi connectivity index (χ2v) is 4.58. The van der Waals surface area contributed by atoms with Gasteiger partial charge >= 0.3 is 0 Å². The Labute approximate surface area is 103 Å². The Morgan fingerprint density at radius 1 is 1.47 bits per heavy atom. The van der Waals surface area contributed by atoms with Crippen LogP contribution >= 0.6 is 0 Å². The molecule has 0 unspecified atom stereocenters. The minimum absolute atomic E-state index is 0.394. The van der Waals surface area contributed by atoms with Crippen molar-refractivity contribution in [3.05, 3.63) is 29.3 Å². The van der Waals surface area contributed by atoms with E-state index in [1.807, 2.05) is 6.07 Å². The Bertz CT molecular complexity index is 359. The van der Waals surface area contributed by atoms with E-state index in [4.69, 9.17) is 9.47 Å². The first-order valence-corrected chi connectivity index (χ1v) is 6.25. The quantitative estimate of drug-likeness (QED) is 0.849. The third-order valence-corrected chi connectivity index (χ3v) is 3.15. The molecule has 94 valence electrons. The number of nitrogens with one attached hydrogen (secondary N) is 1. The number of benzene rings is 1. The Kier molecular flexibility index (Phi) is 4.40. The van der Waals surface area contributed by atoms with E-state index in [2.05, 4.69) is 24.4 Å². The molecule has 1 aromatic carbocycles. The van der Waals surface area contributed by atoms with Gasteiger partial charge in [0, 0.05) is 25.3 Å². The molecule has 0 radical (unpaired) electrons. The van der Waals surface area contributed by atoms with Crippen molar-refractivity contribution in [2.24, 2.45) is 0 Å². The van der Waals surface area contributed by atoms with E-state index in [0.717, 1.165) is 25.4 Å². The summed E-state index contributed by atoms with van der Waals surface area (Å²) in [5, 5.41) is 3.44. The summed E-state index contributed by atoms with van der Waals surface area (Å²) in [6.45, 7) is 4.78. The summed E-state index contributed by atoms with van der Waals surface area (Å²) in [7, 11) is 1.72. The molecular formula is C14H21NO2. The standard InChI is InChI=1S/C14H21NO2/c1-11-5-6-14(16-2)12(8-11)9-15-10-13-4-3-7-17-13/h5-6,8,13,15H,3-4,7,9-10H2,1-2H3/t13-/m1/s1.